The van der Waals surface area contributed by atoms with E-state index in [1.165, 1.54) is 0 Å². The van der Waals surface area contributed by atoms with Crippen molar-refractivity contribution < 1.29 is 9.32 Å². The number of carbonyl (C=O) groups is 1. The van der Waals surface area contributed by atoms with Crippen LogP contribution in [0.15, 0.2) is 17.0 Å². The number of rotatable bonds is 7. The van der Waals surface area contributed by atoms with Gasteiger partial charge in [-0.25, -0.2) is 4.98 Å². The summed E-state index contributed by atoms with van der Waals surface area (Å²) in [4.78, 5) is 22.6. The maximum Gasteiger partial charge on any atom is 0.227 e. The molecule has 2 aromatic rings. The summed E-state index contributed by atoms with van der Waals surface area (Å²) in [5.41, 5.74) is 0.872. The van der Waals surface area contributed by atoms with Gasteiger partial charge in [-0.05, 0) is 6.42 Å². The lowest BCUT2D eigenvalue weighted by Crippen LogP contribution is -2.23. The van der Waals surface area contributed by atoms with Crippen molar-refractivity contribution in [1.29, 1.82) is 0 Å². The SMILES string of the molecule is CCCc1noc(CCC(=O)NCc2cnc[nH]2)n1. The van der Waals surface area contributed by atoms with E-state index < -0.39 is 0 Å². The summed E-state index contributed by atoms with van der Waals surface area (Å²) in [5.74, 6) is 1.17. The van der Waals surface area contributed by atoms with Crippen molar-refractivity contribution in [2.75, 3.05) is 0 Å². The van der Waals surface area contributed by atoms with Gasteiger partial charge in [-0.2, -0.15) is 4.98 Å². The molecule has 0 atom stereocenters. The van der Waals surface area contributed by atoms with Crippen LogP contribution in [-0.2, 0) is 24.2 Å². The Bertz CT molecular complexity index is 506. The molecule has 7 heteroatoms. The van der Waals surface area contributed by atoms with E-state index >= 15 is 0 Å². The molecule has 0 aliphatic rings. The van der Waals surface area contributed by atoms with E-state index in [4.69, 9.17) is 4.52 Å². The molecule has 2 aromatic heterocycles. The highest BCUT2D eigenvalue weighted by atomic mass is 16.5. The van der Waals surface area contributed by atoms with Crippen LogP contribution < -0.4 is 5.32 Å². The molecule has 0 saturated carbocycles. The Balaban J connectivity index is 1.70. The van der Waals surface area contributed by atoms with E-state index in [1.807, 2.05) is 0 Å². The zero-order valence-corrected chi connectivity index (χ0v) is 10.8. The van der Waals surface area contributed by atoms with Gasteiger partial charge >= 0.3 is 0 Å². The third-order valence-electron chi connectivity index (χ3n) is 2.58. The monoisotopic (exact) mass is 263 g/mol. The number of aromatic amines is 1. The second kappa shape index (κ2) is 6.67. The molecule has 0 spiro atoms. The number of nitrogens with zero attached hydrogens (tertiary/aromatic N) is 3. The highest BCUT2D eigenvalue weighted by Gasteiger charge is 2.08. The number of hydrogen-bond acceptors (Lipinski definition) is 5. The third-order valence-corrected chi connectivity index (χ3v) is 2.58. The molecule has 0 aromatic carbocycles. The smallest absolute Gasteiger partial charge is 0.227 e. The normalized spacial score (nSPS) is 10.6. The van der Waals surface area contributed by atoms with Gasteiger partial charge < -0.3 is 14.8 Å². The number of amides is 1. The van der Waals surface area contributed by atoms with E-state index in [2.05, 4.69) is 32.3 Å². The quantitative estimate of drug-likeness (QED) is 0.776. The van der Waals surface area contributed by atoms with Gasteiger partial charge in [0.2, 0.25) is 11.8 Å². The summed E-state index contributed by atoms with van der Waals surface area (Å²) in [6.07, 6.45) is 5.83. The summed E-state index contributed by atoms with van der Waals surface area (Å²) in [5, 5.41) is 6.63. The second-order valence-electron chi connectivity index (χ2n) is 4.21. The molecule has 0 fully saturated rings. The average Bonchev–Trinajstić information content (AvgIpc) is 3.05. The van der Waals surface area contributed by atoms with Crippen LogP contribution in [0, 0.1) is 0 Å². The minimum atomic E-state index is -0.0511. The number of aromatic nitrogens is 4. The van der Waals surface area contributed by atoms with Gasteiger partial charge in [0.1, 0.15) is 0 Å². The third kappa shape index (κ3) is 4.20. The fourth-order valence-electron chi connectivity index (χ4n) is 1.60. The van der Waals surface area contributed by atoms with Crippen LogP contribution in [0.5, 0.6) is 0 Å². The topological polar surface area (TPSA) is 96.7 Å². The number of aryl methyl sites for hydroxylation is 2. The summed E-state index contributed by atoms with van der Waals surface area (Å²) in [6.45, 7) is 2.50. The Hall–Kier alpha value is -2.18. The lowest BCUT2D eigenvalue weighted by molar-refractivity contribution is -0.121. The van der Waals surface area contributed by atoms with Crippen LogP contribution in [0.25, 0.3) is 0 Å². The lowest BCUT2D eigenvalue weighted by atomic mass is 10.3. The number of H-pyrrole nitrogens is 1. The molecule has 102 valence electrons. The standard InChI is InChI=1S/C12H17N5O2/c1-2-3-10-16-12(19-17-10)5-4-11(18)14-7-9-6-13-8-15-9/h6,8H,2-5,7H2,1H3,(H,13,15)(H,14,18). The fraction of sp³-hybridized carbons (Fsp3) is 0.500. The molecule has 0 radical (unpaired) electrons. The van der Waals surface area contributed by atoms with Crippen molar-refractivity contribution in [1.82, 2.24) is 25.4 Å². The first kappa shape index (κ1) is 13.3. The van der Waals surface area contributed by atoms with Crippen molar-refractivity contribution in [2.24, 2.45) is 0 Å². The predicted molar refractivity (Wildman–Crippen MR) is 67.0 cm³/mol. The van der Waals surface area contributed by atoms with Gasteiger partial charge in [0, 0.05) is 25.5 Å². The van der Waals surface area contributed by atoms with Crippen LogP contribution in [0.1, 0.15) is 37.2 Å². The van der Waals surface area contributed by atoms with E-state index in [-0.39, 0.29) is 5.91 Å². The predicted octanol–water partition coefficient (Wildman–Crippen LogP) is 0.994. The second-order valence-corrected chi connectivity index (χ2v) is 4.21. The Morgan fingerprint density at radius 1 is 1.47 bits per heavy atom. The van der Waals surface area contributed by atoms with Crippen LogP contribution in [0.4, 0.5) is 0 Å². The highest BCUT2D eigenvalue weighted by Crippen LogP contribution is 2.03. The Morgan fingerprint density at radius 2 is 2.37 bits per heavy atom. The minimum Gasteiger partial charge on any atom is -0.350 e. The van der Waals surface area contributed by atoms with E-state index in [0.29, 0.717) is 31.1 Å². The van der Waals surface area contributed by atoms with E-state index in [1.54, 1.807) is 12.5 Å². The molecule has 1 amide bonds. The first-order valence-corrected chi connectivity index (χ1v) is 6.33. The summed E-state index contributed by atoms with van der Waals surface area (Å²) in [7, 11) is 0. The number of hydrogen-bond donors (Lipinski definition) is 2. The van der Waals surface area contributed by atoms with Gasteiger partial charge in [0.05, 0.1) is 18.6 Å². The molecule has 7 nitrogen and oxygen atoms in total. The lowest BCUT2D eigenvalue weighted by Gasteiger charge is -2.01. The number of imidazole rings is 1. The largest absolute Gasteiger partial charge is 0.350 e. The van der Waals surface area contributed by atoms with Crippen molar-refractivity contribution >= 4 is 5.91 Å². The van der Waals surface area contributed by atoms with E-state index in [0.717, 1.165) is 18.5 Å². The summed E-state index contributed by atoms with van der Waals surface area (Å²) in [6, 6.07) is 0. The molecule has 0 bridgehead atoms. The zero-order valence-electron chi connectivity index (χ0n) is 10.8. The average molecular weight is 263 g/mol. The van der Waals surface area contributed by atoms with Crippen LogP contribution in [-0.4, -0.2) is 26.0 Å². The first-order valence-electron chi connectivity index (χ1n) is 6.33. The van der Waals surface area contributed by atoms with E-state index in [9.17, 15) is 4.79 Å². The van der Waals surface area contributed by atoms with Crippen molar-refractivity contribution in [3.63, 3.8) is 0 Å². The van der Waals surface area contributed by atoms with Crippen LogP contribution >= 0.6 is 0 Å². The van der Waals surface area contributed by atoms with Gasteiger partial charge in [-0.1, -0.05) is 12.1 Å². The Labute approximate surface area is 110 Å². The van der Waals surface area contributed by atoms with Gasteiger partial charge in [-0.3, -0.25) is 4.79 Å². The Kier molecular flexibility index (Phi) is 4.66. The van der Waals surface area contributed by atoms with Crippen LogP contribution in [0.2, 0.25) is 0 Å². The molecule has 2 N–H and O–H groups in total. The molecular weight excluding hydrogens is 246 g/mol. The van der Waals surface area contributed by atoms with Gasteiger partial charge in [0.15, 0.2) is 5.82 Å². The highest BCUT2D eigenvalue weighted by molar-refractivity contribution is 5.75. The molecule has 19 heavy (non-hydrogen) atoms. The Morgan fingerprint density at radius 3 is 3.11 bits per heavy atom. The maximum atomic E-state index is 11.6. The molecular formula is C12H17N5O2. The molecule has 0 aliphatic heterocycles. The molecule has 0 aliphatic carbocycles. The molecule has 2 heterocycles. The molecule has 0 saturated heterocycles. The fourth-order valence-corrected chi connectivity index (χ4v) is 1.60. The summed E-state index contributed by atoms with van der Waals surface area (Å²) < 4.78 is 5.06. The zero-order chi connectivity index (χ0) is 13.5. The number of nitrogens with one attached hydrogen (secondary N) is 2. The van der Waals surface area contributed by atoms with Crippen molar-refractivity contribution in [3.05, 3.63) is 29.9 Å². The summed E-state index contributed by atoms with van der Waals surface area (Å²) >= 11 is 0. The molecule has 0 unspecified atom stereocenters. The van der Waals surface area contributed by atoms with Gasteiger partial charge in [-0.15, -0.1) is 0 Å². The van der Waals surface area contributed by atoms with Crippen molar-refractivity contribution in [2.45, 2.75) is 39.2 Å². The van der Waals surface area contributed by atoms with Gasteiger partial charge in [0.25, 0.3) is 0 Å². The minimum absolute atomic E-state index is 0.0511. The maximum absolute atomic E-state index is 11.6. The van der Waals surface area contributed by atoms with Crippen LogP contribution in [0.3, 0.4) is 0 Å². The number of carbonyl (C=O) groups excluding carboxylic acids is 1. The molecule has 2 rings (SSSR count). The first-order chi connectivity index (χ1) is 9.28. The van der Waals surface area contributed by atoms with Crippen molar-refractivity contribution in [3.8, 4) is 0 Å².